The van der Waals surface area contributed by atoms with Gasteiger partial charge in [0, 0.05) is 6.04 Å². The van der Waals surface area contributed by atoms with Gasteiger partial charge in [-0.2, -0.15) is 0 Å². The molecule has 3 rings (SSSR count). The summed E-state index contributed by atoms with van der Waals surface area (Å²) >= 11 is 0. The summed E-state index contributed by atoms with van der Waals surface area (Å²) in [6, 6.07) is 4.02. The monoisotopic (exact) mass is 278 g/mol. The Bertz CT molecular complexity index is 517. The number of nitro groups is 1. The predicted octanol–water partition coefficient (Wildman–Crippen LogP) is 4.11. The van der Waals surface area contributed by atoms with E-state index < -0.39 is 10.7 Å². The number of hydrogen-bond acceptors (Lipinski definition) is 3. The highest BCUT2D eigenvalue weighted by molar-refractivity contribution is 5.61. The van der Waals surface area contributed by atoms with Crippen molar-refractivity contribution in [3.8, 4) is 0 Å². The molecule has 2 saturated carbocycles. The average Bonchev–Trinajstić information content (AvgIpc) is 3.25. The minimum Gasteiger partial charge on any atom is -0.377 e. The Kier molecular flexibility index (Phi) is 3.59. The zero-order valence-electron chi connectivity index (χ0n) is 11.3. The van der Waals surface area contributed by atoms with Crippen LogP contribution in [0.1, 0.15) is 38.5 Å². The van der Waals surface area contributed by atoms with Crippen LogP contribution in [0.15, 0.2) is 18.2 Å². The molecule has 0 aliphatic heterocycles. The van der Waals surface area contributed by atoms with Gasteiger partial charge in [0.2, 0.25) is 0 Å². The van der Waals surface area contributed by atoms with Crippen LogP contribution in [-0.4, -0.2) is 11.0 Å². The van der Waals surface area contributed by atoms with Crippen molar-refractivity contribution < 1.29 is 9.31 Å². The average molecular weight is 278 g/mol. The van der Waals surface area contributed by atoms with Crippen LogP contribution in [0.2, 0.25) is 0 Å². The summed E-state index contributed by atoms with van der Waals surface area (Å²) in [5.74, 6) is 1.07. The van der Waals surface area contributed by atoms with Crippen molar-refractivity contribution in [2.75, 3.05) is 5.32 Å². The topological polar surface area (TPSA) is 55.2 Å². The first-order chi connectivity index (χ1) is 9.63. The highest BCUT2D eigenvalue weighted by atomic mass is 19.1. The Balaban J connectivity index is 1.71. The molecule has 5 heteroatoms. The summed E-state index contributed by atoms with van der Waals surface area (Å²) in [7, 11) is 0. The number of anilines is 1. The van der Waals surface area contributed by atoms with E-state index in [1.165, 1.54) is 37.8 Å². The van der Waals surface area contributed by atoms with Gasteiger partial charge in [-0.15, -0.1) is 0 Å². The summed E-state index contributed by atoms with van der Waals surface area (Å²) in [4.78, 5) is 10.5. The highest BCUT2D eigenvalue weighted by Crippen LogP contribution is 2.44. The SMILES string of the molecule is O=[N+]([O-])c1cc(F)ccc1NC1CCCC(C2CC2)C1. The fourth-order valence-electron chi connectivity index (χ4n) is 3.35. The van der Waals surface area contributed by atoms with Gasteiger partial charge in [-0.25, -0.2) is 4.39 Å². The minimum absolute atomic E-state index is 0.168. The number of benzene rings is 1. The fraction of sp³-hybridized carbons (Fsp3) is 0.600. The van der Waals surface area contributed by atoms with Crippen molar-refractivity contribution in [3.05, 3.63) is 34.1 Å². The summed E-state index contributed by atoms with van der Waals surface area (Å²) in [5, 5.41) is 14.3. The van der Waals surface area contributed by atoms with Crippen LogP contribution in [0.3, 0.4) is 0 Å². The van der Waals surface area contributed by atoms with Crippen LogP contribution < -0.4 is 5.32 Å². The molecule has 108 valence electrons. The van der Waals surface area contributed by atoms with E-state index in [1.54, 1.807) is 0 Å². The molecule has 0 spiro atoms. The standard InChI is InChI=1S/C15H19FN2O2/c16-12-6-7-14(15(9-12)18(19)20)17-13-3-1-2-11(8-13)10-4-5-10/h6-7,9-11,13,17H,1-5,8H2. The molecule has 1 N–H and O–H groups in total. The Morgan fingerprint density at radius 2 is 2.00 bits per heavy atom. The first-order valence-electron chi connectivity index (χ1n) is 7.34. The summed E-state index contributed by atoms with van der Waals surface area (Å²) in [6.07, 6.45) is 7.27. The fourth-order valence-corrected chi connectivity index (χ4v) is 3.35. The van der Waals surface area contributed by atoms with E-state index in [0.29, 0.717) is 5.69 Å². The lowest BCUT2D eigenvalue weighted by atomic mass is 9.82. The molecule has 2 aliphatic carbocycles. The number of hydrogen-bond donors (Lipinski definition) is 1. The molecule has 1 aromatic carbocycles. The summed E-state index contributed by atoms with van der Waals surface area (Å²) in [5.41, 5.74) is 0.274. The smallest absolute Gasteiger partial charge is 0.295 e. The third-order valence-corrected chi connectivity index (χ3v) is 4.52. The van der Waals surface area contributed by atoms with Crippen molar-refractivity contribution in [3.63, 3.8) is 0 Å². The Morgan fingerprint density at radius 3 is 2.70 bits per heavy atom. The maximum Gasteiger partial charge on any atom is 0.295 e. The lowest BCUT2D eigenvalue weighted by Crippen LogP contribution is -2.28. The molecule has 2 fully saturated rings. The second kappa shape index (κ2) is 5.38. The van der Waals surface area contributed by atoms with E-state index in [4.69, 9.17) is 0 Å². The van der Waals surface area contributed by atoms with Crippen LogP contribution >= 0.6 is 0 Å². The Morgan fingerprint density at radius 1 is 1.20 bits per heavy atom. The maximum atomic E-state index is 13.1. The maximum absolute atomic E-state index is 13.1. The predicted molar refractivity (Wildman–Crippen MR) is 75.1 cm³/mol. The molecule has 4 nitrogen and oxygen atoms in total. The van der Waals surface area contributed by atoms with E-state index in [9.17, 15) is 14.5 Å². The molecule has 0 saturated heterocycles. The van der Waals surface area contributed by atoms with Gasteiger partial charge in [-0.05, 0) is 49.7 Å². The molecule has 0 heterocycles. The van der Waals surface area contributed by atoms with Crippen molar-refractivity contribution in [2.24, 2.45) is 11.8 Å². The Hall–Kier alpha value is -1.65. The minimum atomic E-state index is -0.568. The molecule has 2 aliphatic rings. The zero-order chi connectivity index (χ0) is 14.1. The molecule has 2 atom stereocenters. The first kappa shape index (κ1) is 13.3. The van der Waals surface area contributed by atoms with E-state index in [1.807, 2.05) is 0 Å². The van der Waals surface area contributed by atoms with Crippen LogP contribution in [0.5, 0.6) is 0 Å². The van der Waals surface area contributed by atoms with Gasteiger partial charge >= 0.3 is 0 Å². The summed E-state index contributed by atoms with van der Waals surface area (Å²) in [6.45, 7) is 0. The first-order valence-corrected chi connectivity index (χ1v) is 7.34. The van der Waals surface area contributed by atoms with Gasteiger partial charge in [0.25, 0.3) is 5.69 Å². The highest BCUT2D eigenvalue weighted by Gasteiger charge is 2.35. The van der Waals surface area contributed by atoms with E-state index in [0.717, 1.165) is 30.7 Å². The third kappa shape index (κ3) is 2.92. The molecule has 0 bridgehead atoms. The van der Waals surface area contributed by atoms with Gasteiger partial charge in [0.15, 0.2) is 0 Å². The number of rotatable bonds is 4. The summed E-state index contributed by atoms with van der Waals surface area (Å²) < 4.78 is 13.1. The zero-order valence-corrected chi connectivity index (χ0v) is 11.3. The number of halogens is 1. The molecule has 1 aromatic rings. The third-order valence-electron chi connectivity index (χ3n) is 4.52. The van der Waals surface area contributed by atoms with Gasteiger partial charge in [0.05, 0.1) is 11.0 Å². The number of nitrogens with zero attached hydrogens (tertiary/aromatic N) is 1. The van der Waals surface area contributed by atoms with Gasteiger partial charge in [-0.1, -0.05) is 12.8 Å². The molecule has 2 unspecified atom stereocenters. The second-order valence-electron chi connectivity index (χ2n) is 6.02. The van der Waals surface area contributed by atoms with E-state index >= 15 is 0 Å². The largest absolute Gasteiger partial charge is 0.377 e. The van der Waals surface area contributed by atoms with Crippen LogP contribution in [0.25, 0.3) is 0 Å². The number of nitro benzene ring substituents is 1. The van der Waals surface area contributed by atoms with Crippen molar-refractivity contribution in [1.82, 2.24) is 0 Å². The molecule has 0 amide bonds. The van der Waals surface area contributed by atoms with Gasteiger partial charge in [-0.3, -0.25) is 10.1 Å². The van der Waals surface area contributed by atoms with Gasteiger partial charge < -0.3 is 5.32 Å². The van der Waals surface area contributed by atoms with Crippen molar-refractivity contribution in [1.29, 1.82) is 0 Å². The molecule has 0 radical (unpaired) electrons. The normalized spacial score (nSPS) is 26.2. The molecular formula is C15H19FN2O2. The lowest BCUT2D eigenvalue weighted by Gasteiger charge is -2.30. The van der Waals surface area contributed by atoms with Crippen molar-refractivity contribution >= 4 is 11.4 Å². The second-order valence-corrected chi connectivity index (χ2v) is 6.02. The Labute approximate surface area is 117 Å². The van der Waals surface area contributed by atoms with Gasteiger partial charge in [0.1, 0.15) is 11.5 Å². The van der Waals surface area contributed by atoms with Crippen LogP contribution in [-0.2, 0) is 0 Å². The lowest BCUT2D eigenvalue weighted by molar-refractivity contribution is -0.384. The molecule has 0 aromatic heterocycles. The van der Waals surface area contributed by atoms with E-state index in [-0.39, 0.29) is 11.7 Å². The quantitative estimate of drug-likeness (QED) is 0.666. The van der Waals surface area contributed by atoms with Crippen molar-refractivity contribution in [2.45, 2.75) is 44.6 Å². The molecule has 20 heavy (non-hydrogen) atoms. The van der Waals surface area contributed by atoms with Crippen LogP contribution in [0, 0.1) is 27.8 Å². The molecular weight excluding hydrogens is 259 g/mol. The van der Waals surface area contributed by atoms with Crippen LogP contribution in [0.4, 0.5) is 15.8 Å². The number of nitrogens with one attached hydrogen (secondary N) is 1. The van der Waals surface area contributed by atoms with E-state index in [2.05, 4.69) is 5.32 Å².